The average Bonchev–Trinajstić information content (AvgIpc) is 2.62. The Morgan fingerprint density at radius 2 is 2.21 bits per heavy atom. The lowest BCUT2D eigenvalue weighted by atomic mass is 9.93. The lowest BCUT2D eigenvalue weighted by Crippen LogP contribution is -2.40. The topological polar surface area (TPSA) is 84.4 Å². The number of aryl methyl sites for hydroxylation is 1. The van der Waals surface area contributed by atoms with Crippen molar-refractivity contribution in [2.45, 2.75) is 20.8 Å². The monoisotopic (exact) mass is 290 g/mol. The van der Waals surface area contributed by atoms with Crippen molar-refractivity contribution in [1.29, 1.82) is 0 Å². The highest BCUT2D eigenvalue weighted by Gasteiger charge is 2.19. The normalized spacial score (nSPS) is 11.3. The van der Waals surface area contributed by atoms with Crippen molar-refractivity contribution in [3.63, 3.8) is 0 Å². The maximum atomic E-state index is 11.7. The fraction of sp³-hybridized carbons (Fsp3) is 0.667. The molecule has 0 fully saturated rings. The standard InChI is InChI=1S/C12H22N4O2.ClH/c1-9-5-11(18-15-9)14-10(17)6-16(4)8-12(2,3)7-13;/h5H,6-8,13H2,1-4H3,(H,14,17);1H. The molecule has 0 saturated carbocycles. The second-order valence-electron chi connectivity index (χ2n) is 5.42. The van der Waals surface area contributed by atoms with Gasteiger partial charge < -0.3 is 10.3 Å². The van der Waals surface area contributed by atoms with E-state index >= 15 is 0 Å². The van der Waals surface area contributed by atoms with Crippen molar-refractivity contribution in [3.8, 4) is 0 Å². The first-order valence-corrected chi connectivity index (χ1v) is 5.94. The molecule has 1 rings (SSSR count). The van der Waals surface area contributed by atoms with Crippen LogP contribution in [0.4, 0.5) is 5.88 Å². The van der Waals surface area contributed by atoms with Crippen LogP contribution in [0.25, 0.3) is 0 Å². The van der Waals surface area contributed by atoms with Crippen molar-refractivity contribution in [2.24, 2.45) is 11.1 Å². The molecule has 1 amide bonds. The third-order valence-corrected chi connectivity index (χ3v) is 2.55. The number of carbonyl (C=O) groups is 1. The summed E-state index contributed by atoms with van der Waals surface area (Å²) in [5.74, 6) is 0.255. The van der Waals surface area contributed by atoms with Gasteiger partial charge in [-0.05, 0) is 25.9 Å². The van der Waals surface area contributed by atoms with Crippen LogP contribution in [0.15, 0.2) is 10.6 Å². The molecule has 0 saturated heterocycles. The predicted octanol–water partition coefficient (Wildman–Crippen LogP) is 1.26. The van der Waals surface area contributed by atoms with Crippen LogP contribution in [0.1, 0.15) is 19.5 Å². The first-order valence-electron chi connectivity index (χ1n) is 5.94. The molecule has 7 heteroatoms. The number of hydrogen-bond acceptors (Lipinski definition) is 5. The van der Waals surface area contributed by atoms with E-state index in [1.807, 2.05) is 11.9 Å². The number of halogens is 1. The van der Waals surface area contributed by atoms with Gasteiger partial charge in [0.15, 0.2) is 0 Å². The molecule has 1 aromatic heterocycles. The largest absolute Gasteiger partial charge is 0.338 e. The Bertz CT molecular complexity index is 406. The van der Waals surface area contributed by atoms with Gasteiger partial charge in [0.05, 0.1) is 12.2 Å². The Morgan fingerprint density at radius 1 is 1.58 bits per heavy atom. The van der Waals surface area contributed by atoms with Crippen molar-refractivity contribution >= 4 is 24.2 Å². The van der Waals surface area contributed by atoms with Crippen LogP contribution in [0.2, 0.25) is 0 Å². The molecular formula is C12H23ClN4O2. The lowest BCUT2D eigenvalue weighted by Gasteiger charge is -2.28. The first-order chi connectivity index (χ1) is 8.32. The van der Waals surface area contributed by atoms with Crippen molar-refractivity contribution in [2.75, 3.05) is 32.0 Å². The van der Waals surface area contributed by atoms with Crippen molar-refractivity contribution < 1.29 is 9.32 Å². The van der Waals surface area contributed by atoms with E-state index in [-0.39, 0.29) is 23.7 Å². The maximum absolute atomic E-state index is 11.7. The number of amides is 1. The average molecular weight is 291 g/mol. The summed E-state index contributed by atoms with van der Waals surface area (Å²) in [6.45, 7) is 7.58. The quantitative estimate of drug-likeness (QED) is 0.824. The lowest BCUT2D eigenvalue weighted by molar-refractivity contribution is -0.117. The van der Waals surface area contributed by atoms with Crippen LogP contribution in [-0.2, 0) is 4.79 Å². The van der Waals surface area contributed by atoms with Gasteiger partial charge in [-0.1, -0.05) is 19.0 Å². The molecule has 6 nitrogen and oxygen atoms in total. The van der Waals surface area contributed by atoms with E-state index in [9.17, 15) is 4.79 Å². The minimum atomic E-state index is -0.124. The maximum Gasteiger partial charge on any atom is 0.240 e. The molecule has 0 spiro atoms. The van der Waals surface area contributed by atoms with Gasteiger partial charge in [0.2, 0.25) is 11.8 Å². The molecule has 1 heterocycles. The summed E-state index contributed by atoms with van der Waals surface area (Å²) in [6, 6.07) is 1.68. The molecule has 0 aromatic carbocycles. The number of anilines is 1. The summed E-state index contributed by atoms with van der Waals surface area (Å²) < 4.78 is 4.92. The molecule has 0 aliphatic rings. The summed E-state index contributed by atoms with van der Waals surface area (Å²) in [7, 11) is 1.89. The molecule has 3 N–H and O–H groups in total. The highest BCUT2D eigenvalue weighted by molar-refractivity contribution is 5.90. The smallest absolute Gasteiger partial charge is 0.240 e. The second kappa shape index (κ2) is 7.47. The number of nitrogens with two attached hydrogens (primary N) is 1. The van der Waals surface area contributed by atoms with E-state index in [1.54, 1.807) is 13.0 Å². The van der Waals surface area contributed by atoms with Gasteiger partial charge in [-0.25, -0.2) is 0 Å². The molecule has 110 valence electrons. The van der Waals surface area contributed by atoms with Gasteiger partial charge in [0.1, 0.15) is 0 Å². The van der Waals surface area contributed by atoms with Crippen LogP contribution in [0.5, 0.6) is 0 Å². The summed E-state index contributed by atoms with van der Waals surface area (Å²) in [4.78, 5) is 13.7. The third kappa shape index (κ3) is 6.56. The van der Waals surface area contributed by atoms with Crippen LogP contribution in [-0.4, -0.2) is 42.6 Å². The fourth-order valence-corrected chi connectivity index (χ4v) is 1.70. The van der Waals surface area contributed by atoms with Gasteiger partial charge in [0.25, 0.3) is 0 Å². The number of carbonyl (C=O) groups excluding carboxylic acids is 1. The van der Waals surface area contributed by atoms with Crippen LogP contribution >= 0.6 is 12.4 Å². The molecule has 0 aliphatic carbocycles. The van der Waals surface area contributed by atoms with Crippen LogP contribution in [0.3, 0.4) is 0 Å². The van der Waals surface area contributed by atoms with E-state index in [0.717, 1.165) is 12.2 Å². The van der Waals surface area contributed by atoms with E-state index in [1.165, 1.54) is 0 Å². The van der Waals surface area contributed by atoms with E-state index in [0.29, 0.717) is 19.0 Å². The minimum Gasteiger partial charge on any atom is -0.338 e. The van der Waals surface area contributed by atoms with E-state index in [2.05, 4.69) is 24.3 Å². The number of hydrogen-bond donors (Lipinski definition) is 2. The van der Waals surface area contributed by atoms with Crippen LogP contribution < -0.4 is 11.1 Å². The molecule has 0 atom stereocenters. The molecule has 0 radical (unpaired) electrons. The summed E-state index contributed by atoms with van der Waals surface area (Å²) in [5, 5.41) is 6.36. The Morgan fingerprint density at radius 3 is 2.68 bits per heavy atom. The number of rotatable bonds is 6. The van der Waals surface area contributed by atoms with Gasteiger partial charge in [0, 0.05) is 12.6 Å². The highest BCUT2D eigenvalue weighted by Crippen LogP contribution is 2.14. The zero-order valence-electron chi connectivity index (χ0n) is 11.9. The van der Waals surface area contributed by atoms with E-state index < -0.39 is 0 Å². The zero-order chi connectivity index (χ0) is 13.8. The molecule has 0 aliphatic heterocycles. The highest BCUT2D eigenvalue weighted by atomic mass is 35.5. The Hall–Kier alpha value is -1.11. The summed E-state index contributed by atoms with van der Waals surface area (Å²) in [5.41, 5.74) is 6.40. The first kappa shape index (κ1) is 17.9. The molecule has 0 bridgehead atoms. The van der Waals surface area contributed by atoms with Gasteiger partial charge in [-0.3, -0.25) is 15.0 Å². The Labute approximate surface area is 120 Å². The SMILES string of the molecule is Cc1cc(NC(=O)CN(C)CC(C)(C)CN)on1.Cl. The Balaban J connectivity index is 0.00000324. The Kier molecular flexibility index (Phi) is 7.04. The number of likely N-dealkylation sites (N-methyl/N-ethyl adjacent to an activating group) is 1. The summed E-state index contributed by atoms with van der Waals surface area (Å²) >= 11 is 0. The fourth-order valence-electron chi connectivity index (χ4n) is 1.70. The number of aromatic nitrogens is 1. The summed E-state index contributed by atoms with van der Waals surface area (Å²) in [6.07, 6.45) is 0. The number of nitrogens with one attached hydrogen (secondary N) is 1. The van der Waals surface area contributed by atoms with Crippen molar-refractivity contribution in [3.05, 3.63) is 11.8 Å². The number of nitrogens with zero attached hydrogens (tertiary/aromatic N) is 2. The van der Waals surface area contributed by atoms with Crippen molar-refractivity contribution in [1.82, 2.24) is 10.1 Å². The second-order valence-corrected chi connectivity index (χ2v) is 5.42. The third-order valence-electron chi connectivity index (χ3n) is 2.55. The van der Waals surface area contributed by atoms with Gasteiger partial charge >= 0.3 is 0 Å². The molecule has 19 heavy (non-hydrogen) atoms. The molecule has 1 aromatic rings. The van der Waals surface area contributed by atoms with Gasteiger partial charge in [-0.15, -0.1) is 12.4 Å². The van der Waals surface area contributed by atoms with Crippen LogP contribution in [0, 0.1) is 12.3 Å². The zero-order valence-corrected chi connectivity index (χ0v) is 12.7. The predicted molar refractivity (Wildman–Crippen MR) is 77.5 cm³/mol. The molecule has 0 unspecified atom stereocenters. The molecular weight excluding hydrogens is 268 g/mol. The minimum absolute atomic E-state index is 0. The van der Waals surface area contributed by atoms with Gasteiger partial charge in [-0.2, -0.15) is 0 Å². The van der Waals surface area contributed by atoms with E-state index in [4.69, 9.17) is 10.3 Å².